The monoisotopic (exact) mass is 816 g/mol. The second-order valence-electron chi connectivity index (χ2n) is 16.0. The number of hydrogen-bond acceptors (Lipinski definition) is 8. The van der Waals surface area contributed by atoms with Crippen molar-refractivity contribution in [2.24, 2.45) is 23.7 Å². The van der Waals surface area contributed by atoms with Gasteiger partial charge in [-0.25, -0.2) is 14.5 Å². The highest BCUT2D eigenvalue weighted by molar-refractivity contribution is 5.92. The summed E-state index contributed by atoms with van der Waals surface area (Å²) in [7, 11) is 0. The average Bonchev–Trinajstić information content (AvgIpc) is 4.06. The zero-order valence-corrected chi connectivity index (χ0v) is 31.7. The number of carbonyl (C=O) groups is 2. The Hall–Kier alpha value is -5.94. The van der Waals surface area contributed by atoms with E-state index in [9.17, 15) is 35.9 Å². The first kappa shape index (κ1) is 38.6. The molecule has 0 bridgehead atoms. The van der Waals surface area contributed by atoms with Crippen LogP contribution in [0.15, 0.2) is 79.3 Å². The minimum atomic E-state index is -4.35. The van der Waals surface area contributed by atoms with Gasteiger partial charge in [0.25, 0.3) is 23.4 Å². The molecule has 6 heterocycles. The maximum Gasteiger partial charge on any atom is 0.416 e. The Bertz CT molecular complexity index is 2490. The van der Waals surface area contributed by atoms with Crippen molar-refractivity contribution < 1.29 is 35.9 Å². The van der Waals surface area contributed by atoms with E-state index in [0.717, 1.165) is 17.8 Å². The quantitative estimate of drug-likeness (QED) is 0.172. The van der Waals surface area contributed by atoms with Crippen LogP contribution in [0.4, 0.5) is 26.3 Å². The predicted octanol–water partition coefficient (Wildman–Crippen LogP) is 7.13. The van der Waals surface area contributed by atoms with Crippen LogP contribution in [-0.2, 0) is 12.4 Å². The van der Waals surface area contributed by atoms with Gasteiger partial charge in [0.2, 0.25) is 11.6 Å². The molecule has 4 fully saturated rings. The Balaban J connectivity index is 0.000000152. The molecule has 306 valence electrons. The number of aromatic nitrogens is 8. The smallest absolute Gasteiger partial charge is 0.335 e. The van der Waals surface area contributed by atoms with Crippen LogP contribution in [0.5, 0.6) is 0 Å². The van der Waals surface area contributed by atoms with E-state index in [1.165, 1.54) is 16.6 Å². The lowest BCUT2D eigenvalue weighted by Crippen LogP contribution is -2.31. The van der Waals surface area contributed by atoms with E-state index in [-0.39, 0.29) is 59.0 Å². The fourth-order valence-electron chi connectivity index (χ4n) is 9.79. The molecule has 6 atom stereocenters. The highest BCUT2D eigenvalue weighted by Gasteiger charge is 2.47. The Morgan fingerprint density at radius 1 is 0.627 bits per heavy atom. The third kappa shape index (κ3) is 7.37. The van der Waals surface area contributed by atoms with Crippen molar-refractivity contribution in [3.05, 3.63) is 119 Å². The lowest BCUT2D eigenvalue weighted by molar-refractivity contribution is -0.139. The summed E-state index contributed by atoms with van der Waals surface area (Å²) in [5, 5.41) is 12.2. The summed E-state index contributed by atoms with van der Waals surface area (Å²) in [6, 6.07) is 15.2. The standard InChI is InChI=1S/C21H20F3N5O.C20H18F3N5O/c1-12-6-7-29-18(26-27-20(29)25-12)19(30)28-10-14-8-13(9-15(14)11-28)16-4-2-3-5-17(16)21(22,23)24;21-20(22,23)16-5-2-1-4-15(16)12-8-13-10-27(11-14(13)9-12)18(29)17-25-19-24-6-3-7-28(19)26-17/h2-7,13-15H,8-11H2,1H3;1-7,12-14H,8-11H2/t13?,14-,15+;12?,13-,14+. The Morgan fingerprint density at radius 2 is 1.15 bits per heavy atom. The molecule has 2 unspecified atom stereocenters. The van der Waals surface area contributed by atoms with Crippen molar-refractivity contribution in [1.29, 1.82) is 0 Å². The van der Waals surface area contributed by atoms with Crippen LogP contribution < -0.4 is 0 Å². The largest absolute Gasteiger partial charge is 0.416 e. The molecular weight excluding hydrogens is 779 g/mol. The van der Waals surface area contributed by atoms with Gasteiger partial charge in [-0.2, -0.15) is 31.3 Å². The Kier molecular flexibility index (Phi) is 9.62. The molecule has 0 radical (unpaired) electrons. The number of fused-ring (bicyclic) bond motifs is 4. The van der Waals surface area contributed by atoms with Crippen LogP contribution >= 0.6 is 0 Å². The van der Waals surface area contributed by atoms with Crippen LogP contribution in [0.1, 0.15) is 86.7 Å². The second-order valence-corrected chi connectivity index (χ2v) is 16.0. The van der Waals surface area contributed by atoms with Gasteiger partial charge in [0.1, 0.15) is 0 Å². The predicted molar refractivity (Wildman–Crippen MR) is 199 cm³/mol. The van der Waals surface area contributed by atoms with Crippen LogP contribution in [0.25, 0.3) is 11.6 Å². The van der Waals surface area contributed by atoms with Gasteiger partial charge in [-0.05, 0) is 104 Å². The molecule has 0 N–H and O–H groups in total. The molecule has 10 rings (SSSR count). The third-order valence-electron chi connectivity index (χ3n) is 12.4. The van der Waals surface area contributed by atoms with Gasteiger partial charge in [0.05, 0.1) is 11.1 Å². The number of rotatable bonds is 4. The summed E-state index contributed by atoms with van der Waals surface area (Å²) >= 11 is 0. The molecule has 2 amide bonds. The van der Waals surface area contributed by atoms with Crippen molar-refractivity contribution in [3.8, 4) is 0 Å². The molecule has 18 heteroatoms. The first-order chi connectivity index (χ1) is 28.2. The number of benzene rings is 2. The number of halogens is 6. The molecular formula is C41H38F6N10O2. The lowest BCUT2D eigenvalue weighted by atomic mass is 9.91. The fraction of sp³-hybridized carbons (Fsp3) is 0.415. The van der Waals surface area contributed by atoms with Crippen LogP contribution in [0.2, 0.25) is 0 Å². The third-order valence-corrected chi connectivity index (χ3v) is 12.4. The highest BCUT2D eigenvalue weighted by atomic mass is 19.4. The number of alkyl halides is 6. The van der Waals surface area contributed by atoms with Gasteiger partial charge >= 0.3 is 12.4 Å². The molecule has 2 saturated heterocycles. The van der Waals surface area contributed by atoms with Crippen molar-refractivity contribution in [3.63, 3.8) is 0 Å². The van der Waals surface area contributed by atoms with Gasteiger partial charge in [-0.15, -0.1) is 15.3 Å². The van der Waals surface area contributed by atoms with E-state index in [4.69, 9.17) is 0 Å². The van der Waals surface area contributed by atoms with Crippen molar-refractivity contribution >= 4 is 23.4 Å². The number of carbonyl (C=O) groups excluding carboxylic acids is 2. The topological polar surface area (TPSA) is 127 Å². The normalized spacial score (nSPS) is 24.1. The van der Waals surface area contributed by atoms with Crippen LogP contribution in [-0.4, -0.2) is 87.0 Å². The van der Waals surface area contributed by atoms with Crippen molar-refractivity contribution in [2.75, 3.05) is 26.2 Å². The summed E-state index contributed by atoms with van der Waals surface area (Å²) in [5.41, 5.74) is 0.456. The number of hydrogen-bond donors (Lipinski definition) is 0. The molecule has 4 aromatic heterocycles. The van der Waals surface area contributed by atoms with E-state index < -0.39 is 23.5 Å². The van der Waals surface area contributed by atoms with Gasteiger partial charge in [0.15, 0.2) is 0 Å². The molecule has 59 heavy (non-hydrogen) atoms. The zero-order valence-electron chi connectivity index (χ0n) is 31.7. The zero-order chi connectivity index (χ0) is 41.2. The number of likely N-dealkylation sites (tertiary alicyclic amines) is 2. The summed E-state index contributed by atoms with van der Waals surface area (Å²) in [5.74, 6) is 1.11. The first-order valence-electron chi connectivity index (χ1n) is 19.5. The molecule has 2 aliphatic carbocycles. The molecule has 4 aliphatic rings. The number of aryl methyl sites for hydroxylation is 1. The minimum absolute atomic E-state index is 0.0997. The lowest BCUT2D eigenvalue weighted by Gasteiger charge is -2.21. The van der Waals surface area contributed by atoms with Gasteiger partial charge in [0, 0.05) is 50.5 Å². The highest BCUT2D eigenvalue weighted by Crippen LogP contribution is 2.50. The van der Waals surface area contributed by atoms with E-state index in [1.807, 2.05) is 6.92 Å². The Labute approximate surface area is 333 Å². The van der Waals surface area contributed by atoms with E-state index >= 15 is 0 Å². The Morgan fingerprint density at radius 3 is 1.68 bits per heavy atom. The van der Waals surface area contributed by atoms with Gasteiger partial charge < -0.3 is 9.80 Å². The molecule has 0 spiro atoms. The maximum absolute atomic E-state index is 13.4. The number of amides is 2. The van der Waals surface area contributed by atoms with Crippen LogP contribution in [0, 0.1) is 30.6 Å². The molecule has 6 aromatic rings. The number of nitrogens with zero attached hydrogens (tertiary/aromatic N) is 10. The van der Waals surface area contributed by atoms with Crippen molar-refractivity contribution in [2.45, 2.75) is 56.8 Å². The van der Waals surface area contributed by atoms with Crippen LogP contribution in [0.3, 0.4) is 0 Å². The van der Waals surface area contributed by atoms with E-state index in [1.54, 1.807) is 69.2 Å². The summed E-state index contributed by atoms with van der Waals surface area (Å²) < 4.78 is 83.3. The van der Waals surface area contributed by atoms with Gasteiger partial charge in [-0.3, -0.25) is 14.0 Å². The molecule has 2 aliphatic heterocycles. The first-order valence-corrected chi connectivity index (χ1v) is 19.5. The summed E-state index contributed by atoms with van der Waals surface area (Å²) in [6.45, 7) is 3.95. The molecule has 2 aromatic carbocycles. The van der Waals surface area contributed by atoms with Gasteiger partial charge in [-0.1, -0.05) is 36.4 Å². The molecule has 12 nitrogen and oxygen atoms in total. The SMILES string of the molecule is Cc1ccn2c(C(=O)N3C[C@H]4CC(c5ccccc5C(F)(F)F)C[C@H]4C3)nnc2n1.O=C(c1nc2ncccn2n1)N1C[C@H]2CC(c3ccccc3C(F)(F)F)C[C@H]2C1. The fourth-order valence-corrected chi connectivity index (χ4v) is 9.79. The van der Waals surface area contributed by atoms with E-state index in [0.29, 0.717) is 74.5 Å². The average molecular weight is 817 g/mol. The second kappa shape index (κ2) is 14.7. The van der Waals surface area contributed by atoms with Crippen molar-refractivity contribution in [1.82, 2.24) is 49.0 Å². The minimum Gasteiger partial charge on any atom is -0.335 e. The van der Waals surface area contributed by atoms with E-state index in [2.05, 4.69) is 30.2 Å². The molecule has 2 saturated carbocycles. The summed E-state index contributed by atoms with van der Waals surface area (Å²) in [6.07, 6.45) is -1.09. The maximum atomic E-state index is 13.4. The summed E-state index contributed by atoms with van der Waals surface area (Å²) in [4.78, 5) is 41.8.